The molecule has 1 saturated carbocycles. The number of hydrogen-bond donors (Lipinski definition) is 1. The van der Waals surface area contributed by atoms with E-state index in [-0.39, 0.29) is 17.0 Å². The molecule has 0 saturated heterocycles. The first-order chi connectivity index (χ1) is 12.6. The number of nitrogens with one attached hydrogen (secondary N) is 1. The van der Waals surface area contributed by atoms with E-state index in [4.69, 9.17) is 4.74 Å². The first-order valence-corrected chi connectivity index (χ1v) is 8.98. The number of carbonyl (C=O) groups is 2. The van der Waals surface area contributed by atoms with Gasteiger partial charge in [-0.1, -0.05) is 20.8 Å². The van der Waals surface area contributed by atoms with Crippen molar-refractivity contribution < 1.29 is 23.6 Å². The lowest BCUT2D eigenvalue weighted by atomic mass is 9.70. The van der Waals surface area contributed by atoms with Crippen LogP contribution in [0, 0.1) is 33.2 Å². The first-order valence-electron chi connectivity index (χ1n) is 8.98. The summed E-state index contributed by atoms with van der Waals surface area (Å²) < 4.78 is 18.2. The summed E-state index contributed by atoms with van der Waals surface area (Å²) in [4.78, 5) is 34.2. The van der Waals surface area contributed by atoms with Gasteiger partial charge in [0.05, 0.1) is 16.9 Å². The summed E-state index contributed by atoms with van der Waals surface area (Å²) in [7, 11) is 0. The van der Waals surface area contributed by atoms with E-state index in [9.17, 15) is 24.1 Å². The average molecular weight is 380 g/mol. The zero-order chi connectivity index (χ0) is 20.2. The van der Waals surface area contributed by atoms with Crippen LogP contribution in [0.4, 0.5) is 15.8 Å². The van der Waals surface area contributed by atoms with Gasteiger partial charge in [-0.3, -0.25) is 19.7 Å². The van der Waals surface area contributed by atoms with Crippen LogP contribution in [0.1, 0.15) is 46.5 Å². The SMILES string of the molecule is CC(C)(C)C1CCC(C(=O)OCC(=O)Nc2ccc(F)cc2[N+](=O)[O-])CC1. The van der Waals surface area contributed by atoms with Crippen LogP contribution in [0.5, 0.6) is 0 Å². The van der Waals surface area contributed by atoms with Crippen molar-refractivity contribution in [2.45, 2.75) is 46.5 Å². The van der Waals surface area contributed by atoms with E-state index in [0.29, 0.717) is 5.92 Å². The highest BCUT2D eigenvalue weighted by Gasteiger charge is 2.33. The predicted molar refractivity (Wildman–Crippen MR) is 97.5 cm³/mol. The molecule has 27 heavy (non-hydrogen) atoms. The monoisotopic (exact) mass is 380 g/mol. The van der Waals surface area contributed by atoms with Crippen molar-refractivity contribution in [3.05, 3.63) is 34.1 Å². The van der Waals surface area contributed by atoms with Gasteiger partial charge in [-0.15, -0.1) is 0 Å². The number of esters is 1. The normalized spacial score (nSPS) is 20.0. The topological polar surface area (TPSA) is 98.5 Å². The van der Waals surface area contributed by atoms with Crippen molar-refractivity contribution >= 4 is 23.3 Å². The van der Waals surface area contributed by atoms with Crippen LogP contribution in [0.3, 0.4) is 0 Å². The zero-order valence-electron chi connectivity index (χ0n) is 15.8. The number of nitro groups is 1. The molecule has 1 aromatic carbocycles. The van der Waals surface area contributed by atoms with Crippen LogP contribution in [0.15, 0.2) is 18.2 Å². The highest BCUT2D eigenvalue weighted by molar-refractivity contribution is 5.94. The Hall–Kier alpha value is -2.51. The fourth-order valence-corrected chi connectivity index (χ4v) is 3.40. The number of nitro benzene ring substituents is 1. The Bertz CT molecular complexity index is 721. The van der Waals surface area contributed by atoms with E-state index < -0.39 is 34.9 Å². The maximum absolute atomic E-state index is 13.1. The van der Waals surface area contributed by atoms with Gasteiger partial charge in [-0.25, -0.2) is 4.39 Å². The van der Waals surface area contributed by atoms with E-state index in [0.717, 1.165) is 43.9 Å². The number of carbonyl (C=O) groups excluding carboxylic acids is 2. The third kappa shape index (κ3) is 5.74. The van der Waals surface area contributed by atoms with E-state index in [2.05, 4.69) is 26.1 Å². The average Bonchev–Trinajstić information content (AvgIpc) is 2.60. The smallest absolute Gasteiger partial charge is 0.309 e. The Balaban J connectivity index is 1.84. The fraction of sp³-hybridized carbons (Fsp3) is 0.579. The Morgan fingerprint density at radius 2 is 1.89 bits per heavy atom. The highest BCUT2D eigenvalue weighted by atomic mass is 19.1. The van der Waals surface area contributed by atoms with Gasteiger partial charge in [-0.05, 0) is 49.1 Å². The number of rotatable bonds is 5. The maximum atomic E-state index is 13.1. The van der Waals surface area contributed by atoms with E-state index in [1.165, 1.54) is 0 Å². The summed E-state index contributed by atoms with van der Waals surface area (Å²) in [5.41, 5.74) is -0.498. The minimum Gasteiger partial charge on any atom is -0.455 e. The summed E-state index contributed by atoms with van der Waals surface area (Å²) in [6.07, 6.45) is 3.34. The molecule has 148 valence electrons. The second-order valence-electron chi connectivity index (χ2n) is 7.99. The van der Waals surface area contributed by atoms with Crippen LogP contribution in [-0.4, -0.2) is 23.4 Å². The summed E-state index contributed by atoms with van der Waals surface area (Å²) >= 11 is 0. The molecule has 1 aliphatic carbocycles. The first kappa shape index (κ1) is 20.8. The van der Waals surface area contributed by atoms with Crippen molar-refractivity contribution in [2.75, 3.05) is 11.9 Å². The van der Waals surface area contributed by atoms with Crippen LogP contribution in [0.2, 0.25) is 0 Å². The van der Waals surface area contributed by atoms with Gasteiger partial charge in [0.1, 0.15) is 11.5 Å². The van der Waals surface area contributed by atoms with E-state index in [1.54, 1.807) is 0 Å². The van der Waals surface area contributed by atoms with Crippen LogP contribution < -0.4 is 5.32 Å². The van der Waals surface area contributed by atoms with Crippen molar-refractivity contribution in [2.24, 2.45) is 17.3 Å². The second-order valence-corrected chi connectivity index (χ2v) is 7.99. The number of benzene rings is 1. The third-order valence-corrected chi connectivity index (χ3v) is 5.06. The van der Waals surface area contributed by atoms with E-state index in [1.807, 2.05) is 0 Å². The minimum atomic E-state index is -0.793. The molecule has 0 aromatic heterocycles. The molecule has 0 radical (unpaired) electrons. The number of anilines is 1. The summed E-state index contributed by atoms with van der Waals surface area (Å²) in [6.45, 7) is 6.03. The minimum absolute atomic E-state index is 0.145. The van der Waals surface area contributed by atoms with Crippen LogP contribution in [-0.2, 0) is 14.3 Å². The molecule has 1 N–H and O–H groups in total. The van der Waals surface area contributed by atoms with Crippen molar-refractivity contribution in [1.29, 1.82) is 0 Å². The van der Waals surface area contributed by atoms with Gasteiger partial charge in [0, 0.05) is 0 Å². The third-order valence-electron chi connectivity index (χ3n) is 5.06. The van der Waals surface area contributed by atoms with Gasteiger partial charge < -0.3 is 10.1 Å². The number of halogens is 1. The molecule has 0 atom stereocenters. The largest absolute Gasteiger partial charge is 0.455 e. The molecule has 1 amide bonds. The maximum Gasteiger partial charge on any atom is 0.309 e. The number of nitrogens with zero attached hydrogens (tertiary/aromatic N) is 1. The van der Waals surface area contributed by atoms with Gasteiger partial charge in [0.2, 0.25) is 0 Å². The van der Waals surface area contributed by atoms with Gasteiger partial charge >= 0.3 is 5.97 Å². The van der Waals surface area contributed by atoms with Crippen LogP contribution in [0.25, 0.3) is 0 Å². The molecule has 0 unspecified atom stereocenters. The summed E-state index contributed by atoms with van der Waals surface area (Å²) in [5, 5.41) is 13.2. The Labute approximate surface area is 157 Å². The lowest BCUT2D eigenvalue weighted by molar-refractivity contribution is -0.384. The molecular formula is C19H25FN2O5. The molecular weight excluding hydrogens is 355 g/mol. The standard InChI is InChI=1S/C19H25FN2O5/c1-19(2,3)13-6-4-12(5-7-13)18(24)27-11-17(23)21-15-9-8-14(20)10-16(15)22(25)26/h8-10,12-13H,4-7,11H2,1-3H3,(H,21,23). The Morgan fingerprint density at radius 1 is 1.26 bits per heavy atom. The van der Waals surface area contributed by atoms with Crippen molar-refractivity contribution in [3.63, 3.8) is 0 Å². The number of ether oxygens (including phenoxy) is 1. The molecule has 0 aliphatic heterocycles. The summed E-state index contributed by atoms with van der Waals surface area (Å²) in [6, 6.07) is 2.82. The molecule has 0 heterocycles. The van der Waals surface area contributed by atoms with Gasteiger partial charge in [-0.2, -0.15) is 0 Å². The molecule has 1 fully saturated rings. The molecule has 1 aliphatic rings. The van der Waals surface area contributed by atoms with Gasteiger partial charge in [0.15, 0.2) is 6.61 Å². The lowest BCUT2D eigenvalue weighted by Gasteiger charge is -2.36. The Kier molecular flexibility index (Phi) is 6.51. The molecule has 1 aromatic rings. The molecule has 7 nitrogen and oxygen atoms in total. The lowest BCUT2D eigenvalue weighted by Crippen LogP contribution is -2.31. The quantitative estimate of drug-likeness (QED) is 0.472. The molecule has 8 heteroatoms. The predicted octanol–water partition coefficient (Wildman–Crippen LogP) is 4.07. The molecule has 2 rings (SSSR count). The number of amides is 1. The second kappa shape index (κ2) is 8.45. The fourth-order valence-electron chi connectivity index (χ4n) is 3.40. The summed E-state index contributed by atoms with van der Waals surface area (Å²) in [5.74, 6) is -1.58. The van der Waals surface area contributed by atoms with Crippen molar-refractivity contribution in [1.82, 2.24) is 0 Å². The Morgan fingerprint density at radius 3 is 2.44 bits per heavy atom. The van der Waals surface area contributed by atoms with Crippen molar-refractivity contribution in [3.8, 4) is 0 Å². The zero-order valence-corrected chi connectivity index (χ0v) is 15.8. The number of hydrogen-bond acceptors (Lipinski definition) is 5. The van der Waals surface area contributed by atoms with Crippen LogP contribution >= 0.6 is 0 Å². The van der Waals surface area contributed by atoms with Gasteiger partial charge in [0.25, 0.3) is 11.6 Å². The molecule has 0 bridgehead atoms. The van der Waals surface area contributed by atoms with E-state index >= 15 is 0 Å². The highest BCUT2D eigenvalue weighted by Crippen LogP contribution is 2.40. The molecule has 0 spiro atoms.